The summed E-state index contributed by atoms with van der Waals surface area (Å²) >= 11 is 19.5. The number of carbonyl (C=O) groups is 1. The van der Waals surface area contributed by atoms with E-state index >= 15 is 0 Å². The first-order valence-corrected chi connectivity index (χ1v) is 12.9. The molecule has 37 heavy (non-hydrogen) atoms. The lowest BCUT2D eigenvalue weighted by atomic mass is 10.0. The molecule has 1 N–H and O–H groups in total. The first-order chi connectivity index (χ1) is 18.2. The van der Waals surface area contributed by atoms with Gasteiger partial charge in [0, 0.05) is 16.5 Å². The highest BCUT2D eigenvalue weighted by Crippen LogP contribution is 2.56. The van der Waals surface area contributed by atoms with E-state index in [1.54, 1.807) is 42.5 Å². The van der Waals surface area contributed by atoms with Gasteiger partial charge in [0.1, 0.15) is 23.8 Å². The van der Waals surface area contributed by atoms with E-state index in [9.17, 15) is 4.79 Å². The fourth-order valence-corrected chi connectivity index (χ4v) is 5.42. The maximum Gasteiger partial charge on any atom is 0.335 e. The maximum absolute atomic E-state index is 11.1. The van der Waals surface area contributed by atoms with Gasteiger partial charge in [-0.1, -0.05) is 78.1 Å². The topological polar surface area (TPSA) is 72.6 Å². The lowest BCUT2D eigenvalue weighted by Gasteiger charge is -2.12. The van der Waals surface area contributed by atoms with Gasteiger partial charge in [0.05, 0.1) is 22.5 Å². The molecular weight excluding hydrogens is 533 g/mol. The van der Waals surface area contributed by atoms with Gasteiger partial charge in [0.2, 0.25) is 0 Å². The number of halogens is 3. The van der Waals surface area contributed by atoms with Crippen LogP contribution in [0.2, 0.25) is 15.1 Å². The van der Waals surface area contributed by atoms with Crippen molar-refractivity contribution in [2.45, 2.75) is 44.6 Å². The Hall–Kier alpha value is -2.99. The monoisotopic (exact) mass is 556 g/mol. The third-order valence-corrected chi connectivity index (χ3v) is 7.50. The summed E-state index contributed by atoms with van der Waals surface area (Å²) in [5, 5.41) is 14.7. The molecule has 1 heterocycles. The molecular formula is C29H24Cl3NO4. The van der Waals surface area contributed by atoms with Crippen molar-refractivity contribution < 1.29 is 20.5 Å². The molecule has 3 unspecified atom stereocenters. The van der Waals surface area contributed by atoms with Crippen LogP contribution in [0.4, 0.5) is 0 Å². The molecule has 0 spiro atoms. The number of carboxylic acids is 1. The van der Waals surface area contributed by atoms with Gasteiger partial charge in [0.25, 0.3) is 0 Å². The molecule has 1 aromatic heterocycles. The third-order valence-electron chi connectivity index (χ3n) is 6.54. The molecule has 5 nitrogen and oxygen atoms in total. The van der Waals surface area contributed by atoms with Gasteiger partial charge in [0.15, 0.2) is 0 Å². The quantitative estimate of drug-likeness (QED) is 0.234. The van der Waals surface area contributed by atoms with Gasteiger partial charge in [-0.25, -0.2) is 4.79 Å². The maximum atomic E-state index is 11.1. The van der Waals surface area contributed by atoms with E-state index in [4.69, 9.17) is 50.5 Å². The number of rotatable bonds is 8. The molecule has 1 fully saturated rings. The van der Waals surface area contributed by atoms with Crippen molar-refractivity contribution in [1.82, 2.24) is 5.16 Å². The van der Waals surface area contributed by atoms with E-state index in [-0.39, 0.29) is 23.3 Å². The summed E-state index contributed by atoms with van der Waals surface area (Å²) in [6, 6.07) is 17.6. The summed E-state index contributed by atoms with van der Waals surface area (Å²) in [7, 11) is 0. The minimum atomic E-state index is -1.16. The second-order valence-electron chi connectivity index (χ2n) is 9.36. The van der Waals surface area contributed by atoms with E-state index in [1.165, 1.54) is 0 Å². The minimum absolute atomic E-state index is 0.0497. The molecule has 3 aromatic carbocycles. The molecule has 0 radical (unpaired) electrons. The van der Waals surface area contributed by atoms with Crippen LogP contribution in [0, 0.1) is 0 Å². The van der Waals surface area contributed by atoms with Crippen LogP contribution in [-0.2, 0) is 6.58 Å². The summed E-state index contributed by atoms with van der Waals surface area (Å²) in [5.41, 5.74) is 3.67. The normalized spacial score (nSPS) is 17.9. The summed E-state index contributed by atoms with van der Waals surface area (Å²) in [6.07, 6.45) is 0.924. The Balaban J connectivity index is 1.37. The minimum Gasteiger partial charge on any atom is -0.489 e. The van der Waals surface area contributed by atoms with Gasteiger partial charge in [-0.15, -0.1) is 0 Å². The number of ether oxygens (including phenoxy) is 1. The molecule has 5 rings (SSSR count). The molecule has 190 valence electrons. The average molecular weight is 558 g/mol. The molecule has 8 heteroatoms. The van der Waals surface area contributed by atoms with Crippen molar-refractivity contribution in [3.05, 3.63) is 104 Å². The van der Waals surface area contributed by atoms with E-state index in [2.05, 4.69) is 5.16 Å². The Bertz CT molecular complexity index is 1480. The summed E-state index contributed by atoms with van der Waals surface area (Å²) < 4.78 is 20.5. The number of aromatic nitrogens is 1. The zero-order chi connectivity index (χ0) is 27.1. The van der Waals surface area contributed by atoms with Gasteiger partial charge in [-0.05, 0) is 65.8 Å². The Morgan fingerprint density at radius 3 is 2.41 bits per heavy atom. The second kappa shape index (κ2) is 10.4. The Labute approximate surface area is 231 Å². The molecule has 1 saturated carbocycles. The predicted octanol–water partition coefficient (Wildman–Crippen LogP) is 8.97. The van der Waals surface area contributed by atoms with E-state index in [0.717, 1.165) is 17.5 Å². The van der Waals surface area contributed by atoms with Gasteiger partial charge in [-0.3, -0.25) is 0 Å². The molecule has 4 aromatic rings. The first kappa shape index (κ1) is 24.4. The fourth-order valence-electron chi connectivity index (χ4n) is 4.53. The molecule has 1 aliphatic carbocycles. The lowest BCUT2D eigenvalue weighted by molar-refractivity contribution is 0.0697. The van der Waals surface area contributed by atoms with Crippen LogP contribution in [0.25, 0.3) is 11.3 Å². The van der Waals surface area contributed by atoms with Crippen LogP contribution >= 0.6 is 34.8 Å². The fraction of sp³-hybridized carbons (Fsp3) is 0.241. The van der Waals surface area contributed by atoms with Gasteiger partial charge >= 0.3 is 5.97 Å². The van der Waals surface area contributed by atoms with Crippen LogP contribution in [-0.4, -0.2) is 16.2 Å². The SMILES string of the molecule is [2H]C(Oc1ccc(C2CC2c2ccc(C(=O)O)cc2)c(Cl)c1)c1c(-c2c(Cl)cccc2Cl)noc1C(C)C. The number of carboxylic acid groups (broad SMARTS) is 1. The number of aromatic carboxylic acids is 1. The van der Waals surface area contributed by atoms with E-state index in [1.807, 2.05) is 32.0 Å². The van der Waals surface area contributed by atoms with Crippen molar-refractivity contribution in [2.24, 2.45) is 0 Å². The van der Waals surface area contributed by atoms with Crippen LogP contribution in [0.3, 0.4) is 0 Å². The smallest absolute Gasteiger partial charge is 0.335 e. The standard InChI is InChI=1S/C29H24Cl3NO4/c1-15(2)28-22(27(33-37-28)26-23(30)4-3-5-24(26)31)14-36-18-10-11-19(25(32)12-18)21-13-20(21)16-6-8-17(9-7-16)29(34)35/h3-12,15,20-21H,13-14H2,1-2H3,(H,34,35)/i14D. The van der Waals surface area contributed by atoms with E-state index < -0.39 is 12.6 Å². The summed E-state index contributed by atoms with van der Waals surface area (Å²) in [5.74, 6) is 0.482. The predicted molar refractivity (Wildman–Crippen MR) is 145 cm³/mol. The number of hydrogen-bond acceptors (Lipinski definition) is 4. The molecule has 3 atom stereocenters. The van der Waals surface area contributed by atoms with Crippen molar-refractivity contribution in [3.8, 4) is 17.0 Å². The molecule has 0 bridgehead atoms. The highest BCUT2D eigenvalue weighted by molar-refractivity contribution is 6.39. The zero-order valence-corrected chi connectivity index (χ0v) is 22.3. The summed E-state index contributed by atoms with van der Waals surface area (Å²) in [6.45, 7) is 2.73. The Morgan fingerprint density at radius 1 is 1.08 bits per heavy atom. The number of nitrogens with zero attached hydrogens (tertiary/aromatic N) is 1. The summed E-state index contributed by atoms with van der Waals surface area (Å²) in [4.78, 5) is 11.1. The lowest BCUT2D eigenvalue weighted by Crippen LogP contribution is -2.01. The Morgan fingerprint density at radius 2 is 1.78 bits per heavy atom. The first-order valence-electron chi connectivity index (χ1n) is 12.4. The van der Waals surface area contributed by atoms with Gasteiger partial charge < -0.3 is 14.4 Å². The van der Waals surface area contributed by atoms with Crippen LogP contribution < -0.4 is 4.74 Å². The number of benzene rings is 3. The van der Waals surface area contributed by atoms with E-state index in [0.29, 0.717) is 43.4 Å². The molecule has 1 aliphatic rings. The Kier molecular flexibility index (Phi) is 6.85. The second-order valence-corrected chi connectivity index (χ2v) is 10.6. The van der Waals surface area contributed by atoms with Crippen molar-refractivity contribution in [3.63, 3.8) is 0 Å². The van der Waals surface area contributed by atoms with Crippen molar-refractivity contribution in [2.75, 3.05) is 0 Å². The average Bonchev–Trinajstić information content (AvgIpc) is 3.53. The highest BCUT2D eigenvalue weighted by atomic mass is 35.5. The molecule has 0 saturated heterocycles. The molecule has 0 aliphatic heterocycles. The van der Waals surface area contributed by atoms with Crippen LogP contribution in [0.5, 0.6) is 5.75 Å². The largest absolute Gasteiger partial charge is 0.489 e. The van der Waals surface area contributed by atoms with Crippen LogP contribution in [0.15, 0.2) is 65.2 Å². The van der Waals surface area contributed by atoms with Gasteiger partial charge in [-0.2, -0.15) is 0 Å². The zero-order valence-electron chi connectivity index (χ0n) is 21.0. The van der Waals surface area contributed by atoms with Crippen LogP contribution in [0.1, 0.15) is 72.2 Å². The highest BCUT2D eigenvalue weighted by Gasteiger charge is 2.40. The third kappa shape index (κ3) is 5.22. The van der Waals surface area contributed by atoms with Crippen molar-refractivity contribution in [1.29, 1.82) is 0 Å². The van der Waals surface area contributed by atoms with Crippen molar-refractivity contribution >= 4 is 40.8 Å². The number of hydrogen-bond donors (Lipinski definition) is 1. The molecule has 0 amide bonds.